The summed E-state index contributed by atoms with van der Waals surface area (Å²) in [7, 11) is 1.65. The number of hydrogen-bond acceptors (Lipinski definition) is 2. The molecule has 2 nitrogen and oxygen atoms in total. The number of methoxy groups -OCH3 is 1. The lowest BCUT2D eigenvalue weighted by molar-refractivity contribution is 0.411. The van der Waals surface area contributed by atoms with Gasteiger partial charge in [0, 0.05) is 11.1 Å². The van der Waals surface area contributed by atoms with Gasteiger partial charge in [0.25, 0.3) is 0 Å². The molecular formula is C26H19FO2. The normalized spacial score (nSPS) is 17.0. The zero-order chi connectivity index (χ0) is 19.8. The van der Waals surface area contributed by atoms with Crippen molar-refractivity contribution < 1.29 is 13.9 Å². The minimum atomic E-state index is -0.734. The first-order valence-electron chi connectivity index (χ1n) is 9.51. The van der Waals surface area contributed by atoms with Crippen molar-refractivity contribution in [2.24, 2.45) is 0 Å². The van der Waals surface area contributed by atoms with E-state index in [0.717, 1.165) is 33.8 Å². The Labute approximate surface area is 169 Å². The van der Waals surface area contributed by atoms with Crippen LogP contribution in [-0.4, -0.2) is 7.11 Å². The Morgan fingerprint density at radius 1 is 0.690 bits per heavy atom. The van der Waals surface area contributed by atoms with Gasteiger partial charge in [-0.25, -0.2) is 4.39 Å². The average molecular weight is 382 g/mol. The molecule has 5 rings (SSSR count). The van der Waals surface area contributed by atoms with E-state index in [1.807, 2.05) is 54.6 Å². The second-order valence-corrected chi connectivity index (χ2v) is 7.09. The Bertz CT molecular complexity index is 1190. The first-order chi connectivity index (χ1) is 14.2. The maximum Gasteiger partial charge on any atom is 0.132 e. The third-order valence-electron chi connectivity index (χ3n) is 5.57. The molecule has 0 aromatic heterocycles. The predicted molar refractivity (Wildman–Crippen MR) is 111 cm³/mol. The van der Waals surface area contributed by atoms with Gasteiger partial charge in [-0.05, 0) is 47.5 Å². The van der Waals surface area contributed by atoms with E-state index in [2.05, 4.69) is 24.3 Å². The molecular weight excluding hydrogens is 363 g/mol. The smallest absolute Gasteiger partial charge is 0.132 e. The molecule has 0 amide bonds. The van der Waals surface area contributed by atoms with Gasteiger partial charge in [0.2, 0.25) is 0 Å². The lowest BCUT2D eigenvalue weighted by Crippen LogP contribution is -2.34. The Hall–Kier alpha value is -3.59. The quantitative estimate of drug-likeness (QED) is 0.363. The van der Waals surface area contributed by atoms with Crippen LogP contribution >= 0.6 is 0 Å². The minimum absolute atomic E-state index is 0.296. The molecule has 0 bridgehead atoms. The fourth-order valence-electron chi connectivity index (χ4n) is 4.35. The summed E-state index contributed by atoms with van der Waals surface area (Å²) in [6.45, 7) is 0. The lowest BCUT2D eigenvalue weighted by atomic mass is 9.63. The maximum atomic E-state index is 14.5. The molecule has 3 heteroatoms. The van der Waals surface area contributed by atoms with Crippen molar-refractivity contribution in [1.29, 1.82) is 0 Å². The molecule has 0 radical (unpaired) electrons. The molecule has 0 fully saturated rings. The Morgan fingerprint density at radius 2 is 1.41 bits per heavy atom. The highest BCUT2D eigenvalue weighted by Gasteiger charge is 2.45. The maximum absolute atomic E-state index is 14.5. The van der Waals surface area contributed by atoms with E-state index in [4.69, 9.17) is 9.47 Å². The number of hydrogen-bond donors (Lipinski definition) is 0. The molecule has 4 aromatic carbocycles. The molecule has 1 atom stereocenters. The number of halogens is 1. The summed E-state index contributed by atoms with van der Waals surface area (Å²) in [4.78, 5) is 0. The summed E-state index contributed by atoms with van der Waals surface area (Å²) in [5.74, 6) is 1.87. The van der Waals surface area contributed by atoms with Crippen molar-refractivity contribution in [3.8, 4) is 17.2 Å². The fourth-order valence-corrected chi connectivity index (χ4v) is 4.35. The summed E-state index contributed by atoms with van der Waals surface area (Å²) in [5.41, 5.74) is 3.04. The number of rotatable bonds is 3. The van der Waals surface area contributed by atoms with Gasteiger partial charge in [0.05, 0.1) is 12.5 Å². The number of ether oxygens (including phenoxy) is 2. The molecule has 0 aliphatic carbocycles. The highest BCUT2D eigenvalue weighted by Crippen LogP contribution is 2.55. The van der Waals surface area contributed by atoms with Crippen LogP contribution in [0.25, 0.3) is 0 Å². The molecule has 0 saturated carbocycles. The summed E-state index contributed by atoms with van der Waals surface area (Å²) in [6, 6.07) is 30.8. The second-order valence-electron chi connectivity index (χ2n) is 7.09. The van der Waals surface area contributed by atoms with E-state index in [-0.39, 0.29) is 5.82 Å². The fraction of sp³-hybridized carbons (Fsp3) is 0.0769. The van der Waals surface area contributed by atoms with Gasteiger partial charge in [-0.15, -0.1) is 0 Å². The van der Waals surface area contributed by atoms with E-state index in [1.165, 1.54) is 6.07 Å². The SMILES string of the molecule is COc1cccc(C2(c3ccccc3)c3ccccc3Oc3ccc(F)cc32)c1. The van der Waals surface area contributed by atoms with E-state index in [9.17, 15) is 4.39 Å². The van der Waals surface area contributed by atoms with Gasteiger partial charge in [0.1, 0.15) is 23.1 Å². The van der Waals surface area contributed by atoms with Crippen LogP contribution in [0, 0.1) is 5.82 Å². The van der Waals surface area contributed by atoms with Gasteiger partial charge in [-0.2, -0.15) is 0 Å². The number of para-hydroxylation sites is 1. The zero-order valence-corrected chi connectivity index (χ0v) is 15.9. The van der Waals surface area contributed by atoms with Crippen molar-refractivity contribution in [3.05, 3.63) is 125 Å². The Kier molecular flexibility index (Phi) is 4.09. The van der Waals surface area contributed by atoms with E-state index in [0.29, 0.717) is 5.75 Å². The van der Waals surface area contributed by atoms with Gasteiger partial charge in [-0.1, -0.05) is 60.7 Å². The van der Waals surface area contributed by atoms with Crippen molar-refractivity contribution in [1.82, 2.24) is 0 Å². The van der Waals surface area contributed by atoms with E-state index >= 15 is 0 Å². The average Bonchev–Trinajstić information content (AvgIpc) is 2.78. The van der Waals surface area contributed by atoms with Crippen LogP contribution in [0.2, 0.25) is 0 Å². The Morgan fingerprint density at radius 3 is 2.24 bits per heavy atom. The second kappa shape index (κ2) is 6.78. The minimum Gasteiger partial charge on any atom is -0.497 e. The third-order valence-corrected chi connectivity index (χ3v) is 5.57. The topological polar surface area (TPSA) is 18.5 Å². The molecule has 1 unspecified atom stereocenters. The summed E-state index contributed by atoms with van der Waals surface area (Å²) in [6.07, 6.45) is 0. The van der Waals surface area contributed by atoms with Crippen LogP contribution < -0.4 is 9.47 Å². The van der Waals surface area contributed by atoms with Crippen LogP contribution in [0.5, 0.6) is 17.2 Å². The number of benzene rings is 4. The predicted octanol–water partition coefficient (Wildman–Crippen LogP) is 6.32. The Balaban J connectivity index is 1.96. The molecule has 1 aliphatic rings. The summed E-state index contributed by atoms with van der Waals surface area (Å²) in [5, 5.41) is 0. The van der Waals surface area contributed by atoms with Crippen molar-refractivity contribution in [3.63, 3.8) is 0 Å². The molecule has 0 N–H and O–H groups in total. The van der Waals surface area contributed by atoms with E-state index in [1.54, 1.807) is 19.2 Å². The standard InChI is InChI=1S/C26H19FO2/c1-28-21-11-7-10-19(16-21)26(18-8-3-2-4-9-18)22-12-5-6-13-24(22)29-25-15-14-20(27)17-23(25)26/h2-17H,1H3. The van der Waals surface area contributed by atoms with Crippen LogP contribution in [0.15, 0.2) is 97.1 Å². The van der Waals surface area contributed by atoms with E-state index < -0.39 is 5.41 Å². The summed E-state index contributed by atoms with van der Waals surface area (Å²) >= 11 is 0. The molecule has 142 valence electrons. The first kappa shape index (κ1) is 17.5. The van der Waals surface area contributed by atoms with Crippen molar-refractivity contribution in [2.45, 2.75) is 5.41 Å². The van der Waals surface area contributed by atoms with Crippen LogP contribution in [0.3, 0.4) is 0 Å². The first-order valence-corrected chi connectivity index (χ1v) is 9.51. The van der Waals surface area contributed by atoms with Gasteiger partial charge in [-0.3, -0.25) is 0 Å². The third kappa shape index (κ3) is 2.62. The molecule has 0 spiro atoms. The lowest BCUT2D eigenvalue weighted by Gasteiger charge is -2.41. The van der Waals surface area contributed by atoms with Gasteiger partial charge in [0.15, 0.2) is 0 Å². The molecule has 4 aromatic rings. The van der Waals surface area contributed by atoms with Gasteiger partial charge >= 0.3 is 0 Å². The summed E-state index contributed by atoms with van der Waals surface area (Å²) < 4.78 is 26.2. The number of fused-ring (bicyclic) bond motifs is 2. The van der Waals surface area contributed by atoms with Crippen LogP contribution in [0.4, 0.5) is 4.39 Å². The molecule has 1 heterocycles. The largest absolute Gasteiger partial charge is 0.497 e. The monoisotopic (exact) mass is 382 g/mol. The molecule has 29 heavy (non-hydrogen) atoms. The molecule has 1 aliphatic heterocycles. The van der Waals surface area contributed by atoms with Gasteiger partial charge < -0.3 is 9.47 Å². The molecule has 0 saturated heterocycles. The highest BCUT2D eigenvalue weighted by molar-refractivity contribution is 5.69. The van der Waals surface area contributed by atoms with Crippen LogP contribution in [-0.2, 0) is 5.41 Å². The zero-order valence-electron chi connectivity index (χ0n) is 15.9. The highest BCUT2D eigenvalue weighted by atomic mass is 19.1. The van der Waals surface area contributed by atoms with Crippen molar-refractivity contribution in [2.75, 3.05) is 7.11 Å². The van der Waals surface area contributed by atoms with Crippen LogP contribution in [0.1, 0.15) is 22.3 Å². The van der Waals surface area contributed by atoms with Crippen molar-refractivity contribution >= 4 is 0 Å².